The van der Waals surface area contributed by atoms with Gasteiger partial charge in [-0.2, -0.15) is 0 Å². The number of nitrogens with zero attached hydrogens (tertiary/aromatic N) is 2. The molecule has 1 aromatic rings. The zero-order valence-corrected chi connectivity index (χ0v) is 19.3. The number of carbonyl (C=O) groups is 1. The molecule has 0 amide bonds. The van der Waals surface area contributed by atoms with Gasteiger partial charge in [0.25, 0.3) is 0 Å². The standard InChI is InChI=1S/C24H34Cl2N2O2/c25-20-8-7-18(16-21(20)26)22(29)17-24(30)11-3-2-6-23(24)28-14-9-19(10-15-28)27-12-4-1-5-13-27/h7-8,16,19,23,30H,1-6,9-15,17H2. The van der Waals surface area contributed by atoms with Crippen molar-refractivity contribution in [2.45, 2.75) is 81.9 Å². The first-order valence-corrected chi connectivity index (χ1v) is 12.4. The van der Waals surface area contributed by atoms with Gasteiger partial charge in [-0.3, -0.25) is 9.69 Å². The van der Waals surface area contributed by atoms with Crippen LogP contribution in [0, 0.1) is 0 Å². The number of hydrogen-bond acceptors (Lipinski definition) is 4. The number of ketones is 1. The quantitative estimate of drug-likeness (QED) is 0.624. The summed E-state index contributed by atoms with van der Waals surface area (Å²) >= 11 is 12.1. The van der Waals surface area contributed by atoms with Crippen molar-refractivity contribution < 1.29 is 9.90 Å². The first-order valence-electron chi connectivity index (χ1n) is 11.6. The molecule has 0 radical (unpaired) electrons. The number of aliphatic hydroxyl groups is 1. The summed E-state index contributed by atoms with van der Waals surface area (Å²) in [4.78, 5) is 18.1. The largest absolute Gasteiger partial charge is 0.388 e. The van der Waals surface area contributed by atoms with Gasteiger partial charge in [0.2, 0.25) is 0 Å². The van der Waals surface area contributed by atoms with Crippen LogP contribution in [-0.4, -0.2) is 64.6 Å². The Morgan fingerprint density at radius 1 is 0.933 bits per heavy atom. The van der Waals surface area contributed by atoms with Crippen molar-refractivity contribution >= 4 is 29.0 Å². The van der Waals surface area contributed by atoms with Crippen LogP contribution in [0.1, 0.15) is 74.6 Å². The Bertz CT molecular complexity index is 745. The van der Waals surface area contributed by atoms with Crippen molar-refractivity contribution in [2.24, 2.45) is 0 Å². The molecule has 3 aliphatic rings. The number of likely N-dealkylation sites (tertiary alicyclic amines) is 2. The van der Waals surface area contributed by atoms with Gasteiger partial charge >= 0.3 is 0 Å². The molecule has 2 aliphatic heterocycles. The van der Waals surface area contributed by atoms with Crippen LogP contribution in [-0.2, 0) is 0 Å². The molecule has 4 rings (SSSR count). The summed E-state index contributed by atoms with van der Waals surface area (Å²) in [6, 6.07) is 5.75. The third-order valence-electron chi connectivity index (χ3n) is 7.51. The van der Waals surface area contributed by atoms with E-state index < -0.39 is 5.60 Å². The van der Waals surface area contributed by atoms with Crippen LogP contribution < -0.4 is 0 Å². The Morgan fingerprint density at radius 2 is 1.67 bits per heavy atom. The molecule has 1 saturated carbocycles. The van der Waals surface area contributed by atoms with Gasteiger partial charge in [0, 0.05) is 37.2 Å². The maximum Gasteiger partial charge on any atom is 0.165 e. The number of Topliss-reactive ketones (excluding diaryl/α,β-unsaturated/α-hetero) is 1. The highest BCUT2D eigenvalue weighted by Crippen LogP contribution is 2.37. The molecule has 6 heteroatoms. The molecular formula is C24H34Cl2N2O2. The van der Waals surface area contributed by atoms with Gasteiger partial charge in [-0.05, 0) is 69.8 Å². The summed E-state index contributed by atoms with van der Waals surface area (Å²) in [6.45, 7) is 4.54. The number of benzene rings is 1. The number of halogens is 2. The molecule has 1 aliphatic carbocycles. The Labute approximate surface area is 190 Å². The van der Waals surface area contributed by atoms with Crippen molar-refractivity contribution in [3.05, 3.63) is 33.8 Å². The highest BCUT2D eigenvalue weighted by molar-refractivity contribution is 6.42. The summed E-state index contributed by atoms with van der Waals surface area (Å²) in [7, 11) is 0. The molecular weight excluding hydrogens is 419 g/mol. The number of hydrogen-bond donors (Lipinski definition) is 1. The van der Waals surface area contributed by atoms with Gasteiger partial charge in [0.05, 0.1) is 15.6 Å². The first kappa shape index (κ1) is 22.5. The summed E-state index contributed by atoms with van der Waals surface area (Å²) in [5, 5.41) is 12.4. The van der Waals surface area contributed by atoms with E-state index >= 15 is 0 Å². The second-order valence-electron chi connectivity index (χ2n) is 9.46. The van der Waals surface area contributed by atoms with Crippen molar-refractivity contribution in [2.75, 3.05) is 26.2 Å². The zero-order valence-electron chi connectivity index (χ0n) is 17.8. The summed E-state index contributed by atoms with van der Waals surface area (Å²) < 4.78 is 0. The van der Waals surface area contributed by atoms with Crippen molar-refractivity contribution in [1.82, 2.24) is 9.80 Å². The number of rotatable bonds is 5. The molecule has 0 bridgehead atoms. The molecule has 2 unspecified atom stereocenters. The number of piperidine rings is 2. The second-order valence-corrected chi connectivity index (χ2v) is 10.3. The molecule has 3 fully saturated rings. The summed E-state index contributed by atoms with van der Waals surface area (Å²) in [6.07, 6.45) is 10.3. The average molecular weight is 453 g/mol. The Balaban J connectivity index is 1.40. The van der Waals surface area contributed by atoms with Gasteiger partial charge < -0.3 is 10.0 Å². The van der Waals surface area contributed by atoms with Crippen LogP contribution in [0.25, 0.3) is 0 Å². The van der Waals surface area contributed by atoms with Crippen LogP contribution >= 0.6 is 23.2 Å². The predicted octanol–water partition coefficient (Wildman–Crippen LogP) is 5.19. The van der Waals surface area contributed by atoms with E-state index in [0.717, 1.165) is 32.4 Å². The minimum atomic E-state index is -0.959. The Morgan fingerprint density at radius 3 is 2.37 bits per heavy atom. The van der Waals surface area contributed by atoms with E-state index in [-0.39, 0.29) is 18.2 Å². The smallest absolute Gasteiger partial charge is 0.165 e. The van der Waals surface area contributed by atoms with Crippen LogP contribution in [0.15, 0.2) is 18.2 Å². The molecule has 1 aromatic carbocycles. The molecule has 1 N–H and O–H groups in total. The van der Waals surface area contributed by atoms with Crippen LogP contribution in [0.5, 0.6) is 0 Å². The van der Waals surface area contributed by atoms with E-state index in [1.165, 1.54) is 45.2 Å². The van der Waals surface area contributed by atoms with E-state index in [1.807, 2.05) is 0 Å². The van der Waals surface area contributed by atoms with E-state index in [1.54, 1.807) is 18.2 Å². The topological polar surface area (TPSA) is 43.8 Å². The van der Waals surface area contributed by atoms with Crippen LogP contribution in [0.2, 0.25) is 10.0 Å². The molecule has 2 atom stereocenters. The fraction of sp³-hybridized carbons (Fsp3) is 0.708. The monoisotopic (exact) mass is 452 g/mol. The lowest BCUT2D eigenvalue weighted by atomic mass is 9.75. The van der Waals surface area contributed by atoms with Gasteiger partial charge in [-0.15, -0.1) is 0 Å². The van der Waals surface area contributed by atoms with Crippen molar-refractivity contribution in [3.8, 4) is 0 Å². The molecule has 2 heterocycles. The fourth-order valence-electron chi connectivity index (χ4n) is 5.83. The van der Waals surface area contributed by atoms with Gasteiger partial charge in [-0.25, -0.2) is 0 Å². The lowest BCUT2D eigenvalue weighted by molar-refractivity contribution is -0.0828. The minimum Gasteiger partial charge on any atom is -0.388 e. The number of carbonyl (C=O) groups excluding carboxylic acids is 1. The van der Waals surface area contributed by atoms with Crippen molar-refractivity contribution in [1.29, 1.82) is 0 Å². The van der Waals surface area contributed by atoms with E-state index in [0.29, 0.717) is 28.1 Å². The van der Waals surface area contributed by atoms with Crippen LogP contribution in [0.3, 0.4) is 0 Å². The Kier molecular flexibility index (Phi) is 7.42. The van der Waals surface area contributed by atoms with Crippen LogP contribution in [0.4, 0.5) is 0 Å². The molecule has 30 heavy (non-hydrogen) atoms. The Hall–Kier alpha value is -0.650. The molecule has 0 aromatic heterocycles. The average Bonchev–Trinajstić information content (AvgIpc) is 2.76. The minimum absolute atomic E-state index is 0.0498. The summed E-state index contributed by atoms with van der Waals surface area (Å²) in [5.41, 5.74) is -0.426. The van der Waals surface area contributed by atoms with Gasteiger partial charge in [0.15, 0.2) is 5.78 Å². The van der Waals surface area contributed by atoms with E-state index in [9.17, 15) is 9.90 Å². The second kappa shape index (κ2) is 9.87. The molecule has 2 saturated heterocycles. The fourth-order valence-corrected chi connectivity index (χ4v) is 6.13. The van der Waals surface area contributed by atoms with E-state index in [4.69, 9.17) is 23.2 Å². The van der Waals surface area contributed by atoms with Gasteiger partial charge in [0.1, 0.15) is 0 Å². The predicted molar refractivity (Wildman–Crippen MR) is 123 cm³/mol. The molecule has 166 valence electrons. The highest BCUT2D eigenvalue weighted by atomic mass is 35.5. The van der Waals surface area contributed by atoms with E-state index in [2.05, 4.69) is 9.80 Å². The normalized spacial score (nSPS) is 29.8. The summed E-state index contributed by atoms with van der Waals surface area (Å²) in [5.74, 6) is -0.0498. The van der Waals surface area contributed by atoms with Gasteiger partial charge in [-0.1, -0.05) is 42.5 Å². The van der Waals surface area contributed by atoms with Crippen molar-refractivity contribution in [3.63, 3.8) is 0 Å². The maximum absolute atomic E-state index is 13.0. The molecule has 0 spiro atoms. The lowest BCUT2D eigenvalue weighted by Crippen LogP contribution is -2.58. The third-order valence-corrected chi connectivity index (χ3v) is 8.25. The SMILES string of the molecule is O=C(CC1(O)CCCCC1N1CCC(N2CCCCC2)CC1)c1ccc(Cl)c(Cl)c1. The third kappa shape index (κ3) is 5.05. The molecule has 4 nitrogen and oxygen atoms in total. The first-order chi connectivity index (χ1) is 14.5. The highest BCUT2D eigenvalue weighted by Gasteiger charge is 2.44. The lowest BCUT2D eigenvalue weighted by Gasteiger charge is -2.49. The zero-order chi connectivity index (χ0) is 21.1. The maximum atomic E-state index is 13.0.